The Hall–Kier alpha value is -2.79. The standard InChI is InChI=1S/C22H25F3N2O5S/c1-15-3-9-20(10-4-15)33(29,30)27-13-11-19(12-14-27)32-21(28)26-17-5-7-18(8-6-17)31-16(2)22(23,24)25/h3-10,16,19H,11-14H2,1-2H3,(H,26,28). The van der Waals surface area contributed by atoms with Crippen molar-refractivity contribution in [3.63, 3.8) is 0 Å². The number of aryl methyl sites for hydroxylation is 1. The van der Waals surface area contributed by atoms with Gasteiger partial charge in [0.1, 0.15) is 11.9 Å². The lowest BCUT2D eigenvalue weighted by molar-refractivity contribution is -0.189. The molecule has 1 heterocycles. The highest BCUT2D eigenvalue weighted by atomic mass is 32.2. The number of benzene rings is 2. The number of anilines is 1. The highest BCUT2D eigenvalue weighted by molar-refractivity contribution is 7.89. The second-order valence-electron chi connectivity index (χ2n) is 7.77. The van der Waals surface area contributed by atoms with Gasteiger partial charge >= 0.3 is 12.3 Å². The first-order chi connectivity index (χ1) is 15.4. The summed E-state index contributed by atoms with van der Waals surface area (Å²) < 4.78 is 74.7. The Bertz CT molecular complexity index is 1050. The summed E-state index contributed by atoms with van der Waals surface area (Å²) in [6.07, 6.45) is -6.92. The van der Waals surface area contributed by atoms with Gasteiger partial charge in [-0.3, -0.25) is 5.32 Å². The van der Waals surface area contributed by atoms with Crippen LogP contribution < -0.4 is 10.1 Å². The van der Waals surface area contributed by atoms with Crippen molar-refractivity contribution in [1.29, 1.82) is 0 Å². The van der Waals surface area contributed by atoms with Gasteiger partial charge in [-0.15, -0.1) is 0 Å². The maximum absolute atomic E-state index is 12.8. The number of sulfonamides is 1. The molecule has 180 valence electrons. The summed E-state index contributed by atoms with van der Waals surface area (Å²) in [5, 5.41) is 2.50. The monoisotopic (exact) mass is 486 g/mol. The topological polar surface area (TPSA) is 84.9 Å². The molecule has 1 fully saturated rings. The van der Waals surface area contributed by atoms with Crippen molar-refractivity contribution in [2.45, 2.75) is 50.0 Å². The lowest BCUT2D eigenvalue weighted by Crippen LogP contribution is -2.41. The number of nitrogens with one attached hydrogen (secondary N) is 1. The van der Waals surface area contributed by atoms with Crippen molar-refractivity contribution in [2.75, 3.05) is 18.4 Å². The predicted molar refractivity (Wildman–Crippen MR) is 116 cm³/mol. The van der Waals surface area contributed by atoms with Gasteiger partial charge in [-0.2, -0.15) is 17.5 Å². The van der Waals surface area contributed by atoms with E-state index in [1.165, 1.54) is 28.6 Å². The molecule has 2 aromatic carbocycles. The summed E-state index contributed by atoms with van der Waals surface area (Å²) in [6, 6.07) is 12.0. The van der Waals surface area contributed by atoms with Gasteiger partial charge in [0, 0.05) is 18.8 Å². The summed E-state index contributed by atoms with van der Waals surface area (Å²) >= 11 is 0. The molecule has 3 rings (SSSR count). The van der Waals surface area contributed by atoms with E-state index in [2.05, 4.69) is 5.32 Å². The fraction of sp³-hybridized carbons (Fsp3) is 0.409. The Morgan fingerprint density at radius 1 is 1.06 bits per heavy atom. The highest BCUT2D eigenvalue weighted by Gasteiger charge is 2.38. The minimum atomic E-state index is -4.48. The quantitative estimate of drug-likeness (QED) is 0.638. The van der Waals surface area contributed by atoms with Crippen LogP contribution in [0.1, 0.15) is 25.3 Å². The summed E-state index contributed by atoms with van der Waals surface area (Å²) in [6.45, 7) is 3.22. The van der Waals surface area contributed by atoms with Gasteiger partial charge < -0.3 is 9.47 Å². The largest absolute Gasteiger partial charge is 0.481 e. The molecule has 0 bridgehead atoms. The van der Waals surface area contributed by atoms with Crippen LogP contribution in [0, 0.1) is 6.92 Å². The SMILES string of the molecule is Cc1ccc(S(=O)(=O)N2CCC(OC(=O)Nc3ccc(OC(C)C(F)(F)F)cc3)CC2)cc1. The van der Waals surface area contributed by atoms with Gasteiger partial charge in [-0.05, 0) is 63.1 Å². The molecule has 0 aliphatic carbocycles. The molecule has 1 aliphatic rings. The first kappa shape index (κ1) is 24.8. The molecule has 2 aromatic rings. The van der Waals surface area contributed by atoms with Crippen LogP contribution in [0.5, 0.6) is 5.75 Å². The molecule has 1 amide bonds. The van der Waals surface area contributed by atoms with E-state index < -0.39 is 34.5 Å². The van der Waals surface area contributed by atoms with Crippen molar-refractivity contribution < 1.29 is 35.9 Å². The van der Waals surface area contributed by atoms with Crippen molar-refractivity contribution >= 4 is 21.8 Å². The second kappa shape index (κ2) is 10.0. The molecule has 11 heteroatoms. The minimum Gasteiger partial charge on any atom is -0.481 e. The molecule has 0 radical (unpaired) electrons. The van der Waals surface area contributed by atoms with E-state index in [1.807, 2.05) is 6.92 Å². The maximum atomic E-state index is 12.8. The van der Waals surface area contributed by atoms with Gasteiger partial charge in [0.25, 0.3) is 0 Å². The molecular formula is C22H25F3N2O5S. The number of piperidine rings is 1. The van der Waals surface area contributed by atoms with Crippen LogP contribution in [-0.4, -0.2) is 50.3 Å². The number of nitrogens with zero attached hydrogens (tertiary/aromatic N) is 1. The highest BCUT2D eigenvalue weighted by Crippen LogP contribution is 2.26. The van der Waals surface area contributed by atoms with Crippen molar-refractivity contribution in [3.05, 3.63) is 54.1 Å². The Morgan fingerprint density at radius 2 is 1.64 bits per heavy atom. The number of hydrogen-bond donors (Lipinski definition) is 1. The minimum absolute atomic E-state index is 0.0147. The number of rotatable bonds is 6. The molecule has 0 aromatic heterocycles. The first-order valence-corrected chi connectivity index (χ1v) is 11.8. The Balaban J connectivity index is 1.48. The molecule has 0 spiro atoms. The molecular weight excluding hydrogens is 461 g/mol. The van der Waals surface area contributed by atoms with Crippen molar-refractivity contribution in [2.24, 2.45) is 0 Å². The molecule has 1 N–H and O–H groups in total. The maximum Gasteiger partial charge on any atom is 0.425 e. The van der Waals surface area contributed by atoms with E-state index in [1.54, 1.807) is 24.3 Å². The fourth-order valence-corrected chi connectivity index (χ4v) is 4.71. The zero-order valence-electron chi connectivity index (χ0n) is 18.1. The van der Waals surface area contributed by atoms with Crippen molar-refractivity contribution in [3.8, 4) is 5.75 Å². The van der Waals surface area contributed by atoms with Crippen LogP contribution in [-0.2, 0) is 14.8 Å². The van der Waals surface area contributed by atoms with Gasteiger partial charge in [0.2, 0.25) is 10.0 Å². The van der Waals surface area contributed by atoms with Crippen LogP contribution in [0.4, 0.5) is 23.7 Å². The van der Waals surface area contributed by atoms with E-state index >= 15 is 0 Å². The third kappa shape index (κ3) is 6.61. The van der Waals surface area contributed by atoms with Crippen molar-refractivity contribution in [1.82, 2.24) is 4.31 Å². The van der Waals surface area contributed by atoms with Crippen LogP contribution in [0.2, 0.25) is 0 Å². The third-order valence-corrected chi connectivity index (χ3v) is 7.12. The van der Waals surface area contributed by atoms with E-state index in [0.29, 0.717) is 18.5 Å². The zero-order valence-corrected chi connectivity index (χ0v) is 18.9. The number of carbonyl (C=O) groups excluding carboxylic acids is 1. The van der Waals surface area contributed by atoms with E-state index in [9.17, 15) is 26.4 Å². The number of hydrogen-bond acceptors (Lipinski definition) is 5. The number of amides is 1. The third-order valence-electron chi connectivity index (χ3n) is 5.21. The summed E-state index contributed by atoms with van der Waals surface area (Å²) in [7, 11) is -3.61. The molecule has 0 saturated carbocycles. The first-order valence-electron chi connectivity index (χ1n) is 10.3. The van der Waals surface area contributed by atoms with Gasteiger partial charge in [-0.1, -0.05) is 17.7 Å². The number of halogens is 3. The van der Waals surface area contributed by atoms with E-state index in [4.69, 9.17) is 9.47 Å². The molecule has 1 atom stereocenters. The lowest BCUT2D eigenvalue weighted by Gasteiger charge is -2.30. The number of ether oxygens (including phenoxy) is 2. The van der Waals surface area contributed by atoms with Crippen LogP contribution in [0.25, 0.3) is 0 Å². The fourth-order valence-electron chi connectivity index (χ4n) is 3.24. The average molecular weight is 487 g/mol. The van der Waals surface area contributed by atoms with Gasteiger partial charge in [0.05, 0.1) is 4.90 Å². The van der Waals surface area contributed by atoms with Crippen LogP contribution in [0.15, 0.2) is 53.4 Å². The van der Waals surface area contributed by atoms with E-state index in [-0.39, 0.29) is 23.7 Å². The molecule has 7 nitrogen and oxygen atoms in total. The zero-order chi connectivity index (χ0) is 24.2. The van der Waals surface area contributed by atoms with Crippen LogP contribution in [0.3, 0.4) is 0 Å². The number of alkyl halides is 3. The molecule has 1 aliphatic heterocycles. The summed E-state index contributed by atoms with van der Waals surface area (Å²) in [5.74, 6) is 0.0147. The Morgan fingerprint density at radius 3 is 2.18 bits per heavy atom. The molecule has 1 unspecified atom stereocenters. The van der Waals surface area contributed by atoms with Gasteiger partial charge in [-0.25, -0.2) is 13.2 Å². The van der Waals surface area contributed by atoms with E-state index in [0.717, 1.165) is 12.5 Å². The Labute approximate surface area is 190 Å². The smallest absolute Gasteiger partial charge is 0.425 e. The van der Waals surface area contributed by atoms with Gasteiger partial charge in [0.15, 0.2) is 6.10 Å². The second-order valence-corrected chi connectivity index (χ2v) is 9.71. The normalized spacial score (nSPS) is 16.8. The molecule has 1 saturated heterocycles. The lowest BCUT2D eigenvalue weighted by atomic mass is 10.1. The predicted octanol–water partition coefficient (Wildman–Crippen LogP) is 4.73. The number of carbonyl (C=O) groups is 1. The average Bonchev–Trinajstić information content (AvgIpc) is 2.75. The summed E-state index contributed by atoms with van der Waals surface area (Å²) in [4.78, 5) is 12.4. The Kier molecular flexibility index (Phi) is 7.53. The van der Waals surface area contributed by atoms with Crippen LogP contribution >= 0.6 is 0 Å². The molecule has 33 heavy (non-hydrogen) atoms. The summed E-state index contributed by atoms with van der Waals surface area (Å²) in [5.41, 5.74) is 1.29.